The van der Waals surface area contributed by atoms with Gasteiger partial charge in [-0.1, -0.05) is 0 Å². The van der Waals surface area contributed by atoms with Crippen molar-refractivity contribution in [2.75, 3.05) is 13.1 Å². The van der Waals surface area contributed by atoms with Gasteiger partial charge in [-0.15, -0.1) is 0 Å². The molecule has 0 bridgehead atoms. The Kier molecular flexibility index (Phi) is 4.12. The quantitative estimate of drug-likeness (QED) is 0.701. The Morgan fingerprint density at radius 3 is 2.72 bits per heavy atom. The summed E-state index contributed by atoms with van der Waals surface area (Å²) in [4.78, 5) is 23.7. The second-order valence-corrected chi connectivity index (χ2v) is 6.82. The first-order valence-corrected chi connectivity index (χ1v) is 8.69. The maximum absolute atomic E-state index is 12.5. The van der Waals surface area contributed by atoms with E-state index in [4.69, 9.17) is 0 Å². The zero-order valence-corrected chi connectivity index (χ0v) is 14.7. The standard InChI is InChI=1S/C17H23N7O/c1-21-14-4-3-7-18-16(14)24(17(21)25)10-13-5-8-23(9-6-13)11-15-19-12-20-22(15)2/h3-4,7,12-13H,5-6,8-11H2,1-2H3. The molecule has 132 valence electrons. The Morgan fingerprint density at radius 1 is 1.20 bits per heavy atom. The maximum Gasteiger partial charge on any atom is 0.330 e. The molecule has 0 radical (unpaired) electrons. The van der Waals surface area contributed by atoms with Crippen LogP contribution in [0.5, 0.6) is 0 Å². The predicted molar refractivity (Wildman–Crippen MR) is 94.0 cm³/mol. The molecule has 3 aromatic heterocycles. The lowest BCUT2D eigenvalue weighted by Crippen LogP contribution is -2.36. The molecule has 0 spiro atoms. The van der Waals surface area contributed by atoms with Crippen LogP contribution in [0.3, 0.4) is 0 Å². The summed E-state index contributed by atoms with van der Waals surface area (Å²) in [5, 5.41) is 4.13. The van der Waals surface area contributed by atoms with E-state index < -0.39 is 0 Å². The number of pyridine rings is 1. The van der Waals surface area contributed by atoms with Crippen LogP contribution in [-0.4, -0.2) is 46.9 Å². The fourth-order valence-electron chi connectivity index (χ4n) is 3.65. The first-order chi connectivity index (χ1) is 12.1. The van der Waals surface area contributed by atoms with Gasteiger partial charge in [0.2, 0.25) is 0 Å². The SMILES string of the molecule is Cn1ncnc1CN1CCC(Cn2c(=O)n(C)c3cccnc32)CC1. The van der Waals surface area contributed by atoms with Crippen LogP contribution in [0.2, 0.25) is 0 Å². The van der Waals surface area contributed by atoms with Crippen molar-refractivity contribution in [1.82, 2.24) is 33.8 Å². The highest BCUT2D eigenvalue weighted by Gasteiger charge is 2.23. The number of aromatic nitrogens is 6. The molecule has 4 rings (SSSR count). The first-order valence-electron chi connectivity index (χ1n) is 8.69. The van der Waals surface area contributed by atoms with E-state index in [0.29, 0.717) is 5.92 Å². The van der Waals surface area contributed by atoms with Gasteiger partial charge in [-0.25, -0.2) is 14.8 Å². The van der Waals surface area contributed by atoms with Crippen molar-refractivity contribution in [3.05, 3.63) is 41.0 Å². The van der Waals surface area contributed by atoms with Gasteiger partial charge >= 0.3 is 5.69 Å². The highest BCUT2D eigenvalue weighted by Crippen LogP contribution is 2.21. The molecule has 0 aromatic carbocycles. The molecule has 1 aliphatic heterocycles. The Morgan fingerprint density at radius 2 is 2.00 bits per heavy atom. The summed E-state index contributed by atoms with van der Waals surface area (Å²) in [6.45, 7) is 3.61. The van der Waals surface area contributed by atoms with Crippen molar-refractivity contribution in [2.45, 2.75) is 25.9 Å². The van der Waals surface area contributed by atoms with Crippen molar-refractivity contribution < 1.29 is 0 Å². The molecule has 0 atom stereocenters. The molecule has 1 aliphatic rings. The largest absolute Gasteiger partial charge is 0.330 e. The van der Waals surface area contributed by atoms with E-state index in [0.717, 1.165) is 56.0 Å². The number of imidazole rings is 1. The lowest BCUT2D eigenvalue weighted by molar-refractivity contribution is 0.162. The molecule has 0 amide bonds. The maximum atomic E-state index is 12.5. The summed E-state index contributed by atoms with van der Waals surface area (Å²) in [6, 6.07) is 3.82. The molecule has 25 heavy (non-hydrogen) atoms. The van der Waals surface area contributed by atoms with Gasteiger partial charge in [-0.3, -0.25) is 18.7 Å². The third kappa shape index (κ3) is 2.97. The summed E-state index contributed by atoms with van der Waals surface area (Å²) in [6.07, 6.45) is 5.50. The van der Waals surface area contributed by atoms with E-state index >= 15 is 0 Å². The van der Waals surface area contributed by atoms with E-state index in [9.17, 15) is 4.79 Å². The molecule has 1 saturated heterocycles. The summed E-state index contributed by atoms with van der Waals surface area (Å²) in [5.74, 6) is 1.49. The number of piperidine rings is 1. The fraction of sp³-hybridized carbons (Fsp3) is 0.529. The monoisotopic (exact) mass is 341 g/mol. The van der Waals surface area contributed by atoms with Gasteiger partial charge in [0.05, 0.1) is 12.1 Å². The zero-order chi connectivity index (χ0) is 17.4. The Bertz CT molecular complexity index is 930. The third-order valence-electron chi connectivity index (χ3n) is 5.22. The third-order valence-corrected chi connectivity index (χ3v) is 5.22. The van der Waals surface area contributed by atoms with Crippen molar-refractivity contribution in [2.24, 2.45) is 20.0 Å². The minimum atomic E-state index is 0.0233. The van der Waals surface area contributed by atoms with E-state index in [1.807, 2.05) is 35.5 Å². The van der Waals surface area contributed by atoms with Gasteiger partial charge in [-0.05, 0) is 44.0 Å². The summed E-state index contributed by atoms with van der Waals surface area (Å²) in [5.41, 5.74) is 1.71. The molecule has 0 N–H and O–H groups in total. The van der Waals surface area contributed by atoms with Crippen LogP contribution in [-0.2, 0) is 27.2 Å². The summed E-state index contributed by atoms with van der Waals surface area (Å²) in [7, 11) is 3.74. The molecule has 1 fully saturated rings. The van der Waals surface area contributed by atoms with Crippen LogP contribution in [0.1, 0.15) is 18.7 Å². The highest BCUT2D eigenvalue weighted by atomic mass is 16.1. The van der Waals surface area contributed by atoms with Crippen LogP contribution in [0.4, 0.5) is 0 Å². The van der Waals surface area contributed by atoms with Crippen LogP contribution in [0, 0.1) is 5.92 Å². The van der Waals surface area contributed by atoms with E-state index in [1.54, 1.807) is 17.1 Å². The Balaban J connectivity index is 1.43. The molecular formula is C17H23N7O. The van der Waals surface area contributed by atoms with Crippen molar-refractivity contribution >= 4 is 11.2 Å². The second kappa shape index (κ2) is 6.44. The smallest absolute Gasteiger partial charge is 0.296 e. The normalized spacial score (nSPS) is 16.7. The van der Waals surface area contributed by atoms with Crippen molar-refractivity contribution in [3.8, 4) is 0 Å². The molecule has 8 heteroatoms. The number of hydrogen-bond donors (Lipinski definition) is 0. The number of aryl methyl sites for hydroxylation is 2. The van der Waals surface area contributed by atoms with Crippen LogP contribution in [0.15, 0.2) is 29.5 Å². The average molecular weight is 341 g/mol. The minimum Gasteiger partial charge on any atom is -0.296 e. The fourth-order valence-corrected chi connectivity index (χ4v) is 3.65. The Hall–Kier alpha value is -2.48. The van der Waals surface area contributed by atoms with E-state index in [1.165, 1.54) is 0 Å². The van der Waals surface area contributed by atoms with Crippen LogP contribution in [0.25, 0.3) is 11.2 Å². The predicted octanol–water partition coefficient (Wildman–Crippen LogP) is 0.776. The van der Waals surface area contributed by atoms with Gasteiger partial charge in [-0.2, -0.15) is 5.10 Å². The molecule has 0 unspecified atom stereocenters. The summed E-state index contributed by atoms with van der Waals surface area (Å²) >= 11 is 0. The van der Waals surface area contributed by atoms with Gasteiger partial charge in [0.15, 0.2) is 5.65 Å². The number of likely N-dealkylation sites (tertiary alicyclic amines) is 1. The topological polar surface area (TPSA) is 73.8 Å². The molecule has 8 nitrogen and oxygen atoms in total. The van der Waals surface area contributed by atoms with Gasteiger partial charge in [0, 0.05) is 26.8 Å². The summed E-state index contributed by atoms with van der Waals surface area (Å²) < 4.78 is 5.34. The highest BCUT2D eigenvalue weighted by molar-refractivity contribution is 5.71. The zero-order valence-electron chi connectivity index (χ0n) is 14.7. The van der Waals surface area contributed by atoms with E-state index in [-0.39, 0.29) is 5.69 Å². The average Bonchev–Trinajstić information content (AvgIpc) is 3.14. The molecule has 0 aliphatic carbocycles. The molecule has 0 saturated carbocycles. The van der Waals surface area contributed by atoms with Crippen LogP contribution >= 0.6 is 0 Å². The van der Waals surface area contributed by atoms with Crippen molar-refractivity contribution in [1.29, 1.82) is 0 Å². The van der Waals surface area contributed by atoms with Crippen LogP contribution < -0.4 is 5.69 Å². The number of fused-ring (bicyclic) bond motifs is 1. The van der Waals surface area contributed by atoms with Gasteiger partial charge in [0.25, 0.3) is 0 Å². The molecular weight excluding hydrogens is 318 g/mol. The number of nitrogens with zero attached hydrogens (tertiary/aromatic N) is 7. The lowest BCUT2D eigenvalue weighted by atomic mass is 9.96. The number of rotatable bonds is 4. The number of hydrogen-bond acceptors (Lipinski definition) is 5. The lowest BCUT2D eigenvalue weighted by Gasteiger charge is -2.31. The molecule has 3 aromatic rings. The Labute approximate surface area is 145 Å². The first kappa shape index (κ1) is 16.0. The van der Waals surface area contributed by atoms with Gasteiger partial charge < -0.3 is 0 Å². The van der Waals surface area contributed by atoms with Crippen molar-refractivity contribution in [3.63, 3.8) is 0 Å². The second-order valence-electron chi connectivity index (χ2n) is 6.82. The minimum absolute atomic E-state index is 0.0233. The molecule has 4 heterocycles. The van der Waals surface area contributed by atoms with E-state index in [2.05, 4.69) is 20.0 Å². The van der Waals surface area contributed by atoms with Gasteiger partial charge in [0.1, 0.15) is 12.2 Å².